The highest BCUT2D eigenvalue weighted by Gasteiger charge is 2.59. The fourth-order valence-electron chi connectivity index (χ4n) is 4.14. The first kappa shape index (κ1) is 19.2. The van der Waals surface area contributed by atoms with Crippen LogP contribution < -0.4 is 15.0 Å². The lowest BCUT2D eigenvalue weighted by atomic mass is 9.78. The number of ether oxygens (including phenoxy) is 1. The molecule has 7 heteroatoms. The lowest BCUT2D eigenvalue weighted by molar-refractivity contribution is -0.144. The molecule has 2 bridgehead atoms. The minimum Gasteiger partial charge on any atom is -0.467 e. The van der Waals surface area contributed by atoms with Crippen LogP contribution in [0.4, 0.5) is 5.69 Å². The van der Waals surface area contributed by atoms with Crippen LogP contribution in [-0.2, 0) is 4.79 Å². The predicted octanol–water partition coefficient (Wildman–Crippen LogP) is 4.01. The van der Waals surface area contributed by atoms with Gasteiger partial charge in [0.05, 0.1) is 6.04 Å². The number of aryl methyl sites for hydroxylation is 1. The number of anilines is 1. The first-order valence-corrected chi connectivity index (χ1v) is 10.3. The van der Waals surface area contributed by atoms with Gasteiger partial charge in [-0.2, -0.15) is 0 Å². The summed E-state index contributed by atoms with van der Waals surface area (Å²) in [7, 11) is 3.55. The molecule has 3 unspecified atom stereocenters. The number of nitrogens with one attached hydrogen (secondary N) is 1. The van der Waals surface area contributed by atoms with E-state index in [0.717, 1.165) is 27.0 Å². The highest BCUT2D eigenvalue weighted by molar-refractivity contribution is 9.10. The Hall–Kier alpha value is -2.12. The summed E-state index contributed by atoms with van der Waals surface area (Å²) < 4.78 is 7.51. The largest absolute Gasteiger partial charge is 0.467 e. The molecule has 0 saturated carbocycles. The van der Waals surface area contributed by atoms with Crippen molar-refractivity contribution in [2.45, 2.75) is 25.6 Å². The number of fused-ring (bicyclic) bond motifs is 4. The number of amides is 1. The van der Waals surface area contributed by atoms with E-state index >= 15 is 0 Å². The van der Waals surface area contributed by atoms with Gasteiger partial charge in [-0.3, -0.25) is 9.69 Å². The molecule has 3 atom stereocenters. The third kappa shape index (κ3) is 2.88. The first-order valence-electron chi connectivity index (χ1n) is 9.09. The SMILES string of the molecule is Cc1ccc2c(c1)C1NC(=S)N(c3ccc(Br)cc3)C(C)(O2)C1C(=O)N(C)C. The molecule has 146 valence electrons. The van der Waals surface area contributed by atoms with Gasteiger partial charge in [-0.25, -0.2) is 0 Å². The molecule has 5 nitrogen and oxygen atoms in total. The van der Waals surface area contributed by atoms with Crippen LogP contribution in [-0.4, -0.2) is 35.7 Å². The van der Waals surface area contributed by atoms with Gasteiger partial charge in [-0.15, -0.1) is 0 Å². The zero-order valence-electron chi connectivity index (χ0n) is 16.2. The zero-order valence-corrected chi connectivity index (χ0v) is 18.6. The smallest absolute Gasteiger partial charge is 0.233 e. The lowest BCUT2D eigenvalue weighted by Gasteiger charge is -2.56. The molecule has 28 heavy (non-hydrogen) atoms. The Labute approximate surface area is 178 Å². The number of halogens is 1. The van der Waals surface area contributed by atoms with Gasteiger partial charge < -0.3 is 15.0 Å². The number of carbonyl (C=O) groups is 1. The number of rotatable bonds is 2. The highest BCUT2D eigenvalue weighted by atomic mass is 79.9. The number of carbonyl (C=O) groups excluding carboxylic acids is 1. The van der Waals surface area contributed by atoms with Crippen LogP contribution in [0.1, 0.15) is 24.1 Å². The van der Waals surface area contributed by atoms with Crippen molar-refractivity contribution in [1.82, 2.24) is 10.2 Å². The maximum Gasteiger partial charge on any atom is 0.233 e. The molecule has 2 aliphatic heterocycles. The van der Waals surface area contributed by atoms with Crippen molar-refractivity contribution in [2.75, 3.05) is 19.0 Å². The van der Waals surface area contributed by atoms with Gasteiger partial charge in [0.1, 0.15) is 11.7 Å². The van der Waals surface area contributed by atoms with Crippen molar-refractivity contribution in [3.05, 3.63) is 58.1 Å². The van der Waals surface area contributed by atoms with Gasteiger partial charge in [-0.05, 0) is 56.4 Å². The molecular formula is C21H22BrN3O2S. The van der Waals surface area contributed by atoms with E-state index in [1.807, 2.05) is 55.1 Å². The van der Waals surface area contributed by atoms with E-state index in [9.17, 15) is 4.79 Å². The number of hydrogen-bond donors (Lipinski definition) is 1. The Morgan fingerprint density at radius 3 is 2.57 bits per heavy atom. The normalized spacial score (nSPS) is 25.5. The molecule has 0 spiro atoms. The van der Waals surface area contributed by atoms with E-state index in [2.05, 4.69) is 27.3 Å². The first-order chi connectivity index (χ1) is 13.2. The predicted molar refractivity (Wildman–Crippen MR) is 117 cm³/mol. The van der Waals surface area contributed by atoms with Crippen LogP contribution in [0, 0.1) is 12.8 Å². The second kappa shape index (κ2) is 6.74. The third-order valence-electron chi connectivity index (χ3n) is 5.45. The number of hydrogen-bond acceptors (Lipinski definition) is 3. The van der Waals surface area contributed by atoms with Crippen LogP contribution in [0.3, 0.4) is 0 Å². The molecule has 1 saturated heterocycles. The van der Waals surface area contributed by atoms with Gasteiger partial charge in [0.15, 0.2) is 10.8 Å². The van der Waals surface area contributed by atoms with Gasteiger partial charge in [0, 0.05) is 29.8 Å². The summed E-state index contributed by atoms with van der Waals surface area (Å²) in [6.45, 7) is 3.98. The van der Waals surface area contributed by atoms with Crippen LogP contribution in [0.15, 0.2) is 46.9 Å². The Bertz CT molecular complexity index is 963. The molecule has 2 aliphatic rings. The quantitative estimate of drug-likeness (QED) is 0.687. The van der Waals surface area contributed by atoms with E-state index in [1.54, 1.807) is 19.0 Å². The molecular weight excluding hydrogens is 438 g/mol. The van der Waals surface area contributed by atoms with E-state index < -0.39 is 11.6 Å². The molecule has 0 radical (unpaired) electrons. The maximum atomic E-state index is 13.3. The summed E-state index contributed by atoms with van der Waals surface area (Å²) in [6, 6.07) is 13.7. The topological polar surface area (TPSA) is 44.8 Å². The summed E-state index contributed by atoms with van der Waals surface area (Å²) >= 11 is 9.21. The summed E-state index contributed by atoms with van der Waals surface area (Å²) in [5.74, 6) is 0.307. The molecule has 0 aliphatic carbocycles. The van der Waals surface area contributed by atoms with Crippen molar-refractivity contribution in [3.8, 4) is 5.75 Å². The number of benzene rings is 2. The van der Waals surface area contributed by atoms with Gasteiger partial charge >= 0.3 is 0 Å². The van der Waals surface area contributed by atoms with E-state index in [-0.39, 0.29) is 11.9 Å². The van der Waals surface area contributed by atoms with Crippen molar-refractivity contribution in [2.24, 2.45) is 5.92 Å². The summed E-state index contributed by atoms with van der Waals surface area (Å²) in [5.41, 5.74) is 2.00. The van der Waals surface area contributed by atoms with Crippen molar-refractivity contribution < 1.29 is 9.53 Å². The Balaban J connectivity index is 1.91. The molecule has 2 aromatic rings. The van der Waals surface area contributed by atoms with Crippen LogP contribution >= 0.6 is 28.1 Å². The minimum atomic E-state index is -0.954. The number of thiocarbonyl (C=S) groups is 1. The fourth-order valence-corrected chi connectivity index (χ4v) is 4.82. The average Bonchev–Trinajstić information content (AvgIpc) is 2.63. The molecule has 1 N–H and O–H groups in total. The third-order valence-corrected chi connectivity index (χ3v) is 6.27. The second-order valence-corrected chi connectivity index (χ2v) is 8.95. The zero-order chi connectivity index (χ0) is 20.2. The molecule has 2 heterocycles. The Kier molecular flexibility index (Phi) is 4.62. The van der Waals surface area contributed by atoms with Crippen molar-refractivity contribution >= 4 is 44.9 Å². The highest BCUT2D eigenvalue weighted by Crippen LogP contribution is 2.50. The van der Waals surface area contributed by atoms with E-state index in [1.165, 1.54) is 0 Å². The van der Waals surface area contributed by atoms with Crippen LogP contribution in [0.5, 0.6) is 5.75 Å². The summed E-state index contributed by atoms with van der Waals surface area (Å²) in [6.07, 6.45) is 0. The fraction of sp³-hybridized carbons (Fsp3) is 0.333. The maximum absolute atomic E-state index is 13.3. The van der Waals surface area contributed by atoms with Gasteiger partial charge in [0.25, 0.3) is 0 Å². The molecule has 1 fully saturated rings. The van der Waals surface area contributed by atoms with E-state index in [4.69, 9.17) is 17.0 Å². The molecule has 4 rings (SSSR count). The van der Waals surface area contributed by atoms with Crippen molar-refractivity contribution in [1.29, 1.82) is 0 Å². The Morgan fingerprint density at radius 1 is 1.25 bits per heavy atom. The standard InChI is InChI=1S/C21H22BrN3O2S/c1-12-5-10-16-15(11-12)18-17(19(26)24(3)4)21(2,27-16)25(20(28)23-18)14-8-6-13(22)7-9-14/h5-11,17-18H,1-4H3,(H,23,28). The molecule has 0 aromatic heterocycles. The monoisotopic (exact) mass is 459 g/mol. The Morgan fingerprint density at radius 2 is 1.93 bits per heavy atom. The van der Waals surface area contributed by atoms with Crippen LogP contribution in [0.25, 0.3) is 0 Å². The number of nitrogens with zero attached hydrogens (tertiary/aromatic N) is 2. The van der Waals surface area contributed by atoms with Gasteiger partial charge in [0.2, 0.25) is 5.91 Å². The van der Waals surface area contributed by atoms with E-state index in [0.29, 0.717) is 5.11 Å². The summed E-state index contributed by atoms with van der Waals surface area (Å²) in [4.78, 5) is 16.8. The minimum absolute atomic E-state index is 0.00299. The molecule has 1 amide bonds. The summed E-state index contributed by atoms with van der Waals surface area (Å²) in [5, 5.41) is 3.97. The van der Waals surface area contributed by atoms with Crippen LogP contribution in [0.2, 0.25) is 0 Å². The second-order valence-electron chi connectivity index (χ2n) is 7.65. The lowest BCUT2D eigenvalue weighted by Crippen LogP contribution is -2.72. The van der Waals surface area contributed by atoms with Gasteiger partial charge in [-0.1, -0.05) is 33.6 Å². The molecule has 2 aromatic carbocycles. The van der Waals surface area contributed by atoms with Crippen molar-refractivity contribution in [3.63, 3.8) is 0 Å². The average molecular weight is 460 g/mol.